The number of carboxylic acids is 2. The molecule has 15 heteroatoms. The van der Waals surface area contributed by atoms with Crippen LogP contribution in [0.5, 0.6) is 23.0 Å². The van der Waals surface area contributed by atoms with Crippen molar-refractivity contribution in [3.8, 4) is 56.9 Å². The van der Waals surface area contributed by atoms with Crippen LogP contribution in [0, 0.1) is 6.92 Å². The number of thiocarbonyl (C=S) groups is 1. The van der Waals surface area contributed by atoms with Crippen molar-refractivity contribution >= 4 is 45.9 Å². The largest absolute Gasteiger partial charge is 0.508 e. The number of hydrogen-bond donors (Lipinski definition) is 5. The van der Waals surface area contributed by atoms with Crippen molar-refractivity contribution in [2.45, 2.75) is 33.0 Å². The molecule has 1 aliphatic heterocycles. The highest BCUT2D eigenvalue weighted by molar-refractivity contribution is 7.80. The van der Waals surface area contributed by atoms with Crippen LogP contribution in [0.1, 0.15) is 38.5 Å². The third-order valence-corrected chi connectivity index (χ3v) is 11.8. The highest BCUT2D eigenvalue weighted by Crippen LogP contribution is 2.42. The van der Waals surface area contributed by atoms with Crippen LogP contribution in [0.2, 0.25) is 0 Å². The first kappa shape index (κ1) is 47.3. The molecule has 2 heterocycles. The van der Waals surface area contributed by atoms with Crippen molar-refractivity contribution in [2.24, 2.45) is 0 Å². The highest BCUT2D eigenvalue weighted by Gasteiger charge is 2.23. The Labute approximate surface area is 412 Å². The smallest absolute Gasteiger partial charge is 0.336 e. The van der Waals surface area contributed by atoms with Crippen LogP contribution in [0.15, 0.2) is 171 Å². The number of aryl methyl sites for hydroxylation is 1. The van der Waals surface area contributed by atoms with E-state index in [0.717, 1.165) is 33.7 Å². The Kier molecular flexibility index (Phi) is 14.1. The zero-order valence-electron chi connectivity index (χ0n) is 38.3. The molecule has 0 atom stereocenters. The Morgan fingerprint density at radius 3 is 2.24 bits per heavy atom. The summed E-state index contributed by atoms with van der Waals surface area (Å²) < 4.78 is 24.0. The Balaban J connectivity index is 0.777. The van der Waals surface area contributed by atoms with E-state index >= 15 is 0 Å². The van der Waals surface area contributed by atoms with Crippen LogP contribution in [-0.4, -0.2) is 55.4 Å². The lowest BCUT2D eigenvalue weighted by Gasteiger charge is -2.21. The summed E-state index contributed by atoms with van der Waals surface area (Å²) in [6, 6.07) is 46.3. The van der Waals surface area contributed by atoms with E-state index in [-0.39, 0.29) is 34.2 Å². The minimum atomic E-state index is -1.17. The zero-order valence-corrected chi connectivity index (χ0v) is 39.1. The van der Waals surface area contributed by atoms with Gasteiger partial charge in [-0.15, -0.1) is 0 Å². The maximum Gasteiger partial charge on any atom is 0.336 e. The maximum atomic E-state index is 12.7. The molecular formula is C56H46N4O10S. The van der Waals surface area contributed by atoms with E-state index in [0.29, 0.717) is 89.2 Å². The van der Waals surface area contributed by atoms with Gasteiger partial charge in [-0.2, -0.15) is 0 Å². The third-order valence-electron chi connectivity index (χ3n) is 11.6. The summed E-state index contributed by atoms with van der Waals surface area (Å²) in [7, 11) is 0. The van der Waals surface area contributed by atoms with Crippen LogP contribution in [0.25, 0.3) is 44.9 Å². The second-order valence-electron chi connectivity index (χ2n) is 16.8. The number of benzene rings is 7. The number of phenols is 1. The van der Waals surface area contributed by atoms with Crippen molar-refractivity contribution in [3.05, 3.63) is 202 Å². The second kappa shape index (κ2) is 21.2. The number of rotatable bonds is 18. The monoisotopic (exact) mass is 966 g/mol. The third kappa shape index (κ3) is 11.7. The van der Waals surface area contributed by atoms with Gasteiger partial charge < -0.3 is 44.3 Å². The summed E-state index contributed by atoms with van der Waals surface area (Å²) >= 11 is 5.59. The summed E-state index contributed by atoms with van der Waals surface area (Å²) in [4.78, 5) is 43.3. The predicted molar refractivity (Wildman–Crippen MR) is 273 cm³/mol. The molecule has 71 heavy (non-hydrogen) atoms. The average Bonchev–Trinajstić information content (AvgIpc) is 3.73. The number of carboxylic acid groups (broad SMARTS) is 2. The van der Waals surface area contributed by atoms with Crippen molar-refractivity contribution in [1.82, 2.24) is 15.2 Å². The van der Waals surface area contributed by atoms with Crippen molar-refractivity contribution < 1.29 is 43.2 Å². The summed E-state index contributed by atoms with van der Waals surface area (Å²) in [6.07, 6.45) is 0.503. The quantitative estimate of drug-likeness (QED) is 0.0402. The fourth-order valence-electron chi connectivity index (χ4n) is 8.23. The number of nitrogens with zero attached hydrogens (tertiary/aromatic N) is 2. The Hall–Kier alpha value is -8.79. The molecule has 9 rings (SSSR count). The summed E-state index contributed by atoms with van der Waals surface area (Å²) in [5.74, 6) is 1.40. The molecule has 2 aliphatic rings. The number of aromatic hydroxyl groups is 1. The second-order valence-corrected chi connectivity index (χ2v) is 17.2. The number of nitrogens with one attached hydrogen (secondary N) is 2. The summed E-state index contributed by atoms with van der Waals surface area (Å²) in [5, 5.41) is 37.3. The van der Waals surface area contributed by atoms with E-state index in [2.05, 4.69) is 10.6 Å². The first-order valence-electron chi connectivity index (χ1n) is 22.6. The molecule has 5 N–H and O–H groups in total. The topological polar surface area (TPSA) is 197 Å². The van der Waals surface area contributed by atoms with Crippen molar-refractivity contribution in [2.75, 3.05) is 18.5 Å². The van der Waals surface area contributed by atoms with Gasteiger partial charge >= 0.3 is 11.9 Å². The molecule has 0 saturated heterocycles. The van der Waals surface area contributed by atoms with Gasteiger partial charge in [0.2, 0.25) is 5.89 Å². The normalized spacial score (nSPS) is 11.2. The Bertz CT molecular complexity index is 3410. The van der Waals surface area contributed by atoms with Crippen molar-refractivity contribution in [3.63, 3.8) is 0 Å². The molecule has 0 spiro atoms. The molecule has 0 radical (unpaired) electrons. The molecule has 356 valence electrons. The number of para-hydroxylation sites is 1. The van der Waals surface area contributed by atoms with Crippen molar-refractivity contribution in [1.29, 1.82) is 0 Å². The Morgan fingerprint density at radius 1 is 0.732 bits per heavy atom. The number of carbonyl (C=O) groups is 2. The van der Waals surface area contributed by atoms with E-state index in [4.69, 9.17) is 35.5 Å². The number of anilines is 1. The van der Waals surface area contributed by atoms with Gasteiger partial charge in [-0.1, -0.05) is 60.7 Å². The van der Waals surface area contributed by atoms with Crippen LogP contribution >= 0.6 is 12.2 Å². The van der Waals surface area contributed by atoms with Gasteiger partial charge in [0.25, 0.3) is 0 Å². The van der Waals surface area contributed by atoms with E-state index in [9.17, 15) is 29.7 Å². The molecule has 14 nitrogen and oxygen atoms in total. The van der Waals surface area contributed by atoms with Crippen LogP contribution in [-0.2, 0) is 30.8 Å². The van der Waals surface area contributed by atoms with Gasteiger partial charge in [0.15, 0.2) is 10.5 Å². The van der Waals surface area contributed by atoms with Crippen LogP contribution in [0.4, 0.5) is 5.69 Å². The van der Waals surface area contributed by atoms with Gasteiger partial charge in [0.05, 0.1) is 24.4 Å². The number of hydrogen-bond acceptors (Lipinski definition) is 11. The van der Waals surface area contributed by atoms with Gasteiger partial charge in [-0.25, -0.2) is 9.78 Å². The molecule has 6 aromatic carbocycles. The first-order valence-corrected chi connectivity index (χ1v) is 23.0. The lowest BCUT2D eigenvalue weighted by Crippen LogP contribution is -2.29. The van der Waals surface area contributed by atoms with Gasteiger partial charge in [-0.05, 0) is 126 Å². The van der Waals surface area contributed by atoms with E-state index < -0.39 is 11.9 Å². The molecule has 0 unspecified atom stereocenters. The lowest BCUT2D eigenvalue weighted by molar-refractivity contribution is -0.138. The first-order chi connectivity index (χ1) is 34.4. The van der Waals surface area contributed by atoms with E-state index in [1.807, 2.05) is 115 Å². The standard InChI is InChI=1S/C56H46N4O10S/c1-34-49(24-25-67-44-9-5-6-37(26-44)32-60(33-52(63)64)31-36-12-19-43(20-13-36)69-42-7-3-2-4-8-42)59-54(68-34)38-14-10-35(11-15-38)30-57-56(71)58-39-16-21-45(48(27-39)55(65)66)53-46-22-17-40(61)28-50(46)70-51-29-41(62)18-23-47(51)53/h2-23,26-29,61H,24-25,30-33H2,1H3,(H,63,64)(H,65,66)(H2,57,58,71). The van der Waals surface area contributed by atoms with Gasteiger partial charge in [0, 0.05) is 66.0 Å². The summed E-state index contributed by atoms with van der Waals surface area (Å²) in [5.41, 5.74) is 6.31. The fraction of sp³-hybridized carbons (Fsp3) is 0.125. The Morgan fingerprint density at radius 2 is 1.46 bits per heavy atom. The van der Waals surface area contributed by atoms with E-state index in [1.54, 1.807) is 24.3 Å². The molecular weight excluding hydrogens is 921 g/mol. The van der Waals surface area contributed by atoms with Gasteiger partial charge in [-0.3, -0.25) is 14.5 Å². The lowest BCUT2D eigenvalue weighted by atomic mass is 9.90. The molecule has 1 aromatic heterocycles. The van der Waals surface area contributed by atoms with Gasteiger partial charge in [0.1, 0.15) is 40.1 Å². The zero-order chi connectivity index (χ0) is 49.4. The average molecular weight is 967 g/mol. The molecule has 7 aromatic rings. The maximum absolute atomic E-state index is 12.7. The number of phenolic OH excluding ortho intramolecular Hbond substituents is 1. The molecule has 1 aliphatic carbocycles. The number of fused-ring (bicyclic) bond motifs is 2. The van der Waals surface area contributed by atoms with Crippen LogP contribution in [0.3, 0.4) is 0 Å². The highest BCUT2D eigenvalue weighted by atomic mass is 32.1. The predicted octanol–water partition coefficient (Wildman–Crippen LogP) is 10.9. The molecule has 0 amide bonds. The van der Waals surface area contributed by atoms with E-state index in [1.165, 1.54) is 30.3 Å². The SMILES string of the molecule is Cc1oc(-c2ccc(CNC(=S)Nc3ccc(-c4c5ccc(=O)cc-5oc5cc(O)ccc45)c(C(=O)O)c3)cc2)nc1CCOc1cccc(CN(CC(=O)O)Cc2ccc(Oc3ccccc3)cc2)c1. The summed E-state index contributed by atoms with van der Waals surface area (Å²) in [6.45, 7) is 3.30. The minimum Gasteiger partial charge on any atom is -0.508 e. The number of oxazole rings is 1. The fourth-order valence-corrected chi connectivity index (χ4v) is 8.42. The number of aromatic nitrogens is 1. The molecule has 0 fully saturated rings. The minimum absolute atomic E-state index is 0.00647. The molecule has 0 bridgehead atoms. The number of aliphatic carboxylic acids is 1. The molecule has 0 saturated carbocycles. The number of ether oxygens (including phenoxy) is 2. The van der Waals surface area contributed by atoms with Crippen LogP contribution < -0.4 is 25.5 Å². The number of aromatic carboxylic acids is 1.